The minimum Gasteiger partial charge on any atom is -0.481 e. The van der Waals surface area contributed by atoms with Gasteiger partial charge in [0.05, 0.1) is 6.20 Å². The molecule has 0 aliphatic carbocycles. The van der Waals surface area contributed by atoms with Gasteiger partial charge in [-0.25, -0.2) is 0 Å². The van der Waals surface area contributed by atoms with E-state index in [9.17, 15) is 9.59 Å². The smallest absolute Gasteiger partial charge is 0.261 e. The predicted octanol–water partition coefficient (Wildman–Crippen LogP) is 2.00. The van der Waals surface area contributed by atoms with Crippen molar-refractivity contribution in [2.24, 2.45) is 0 Å². The lowest BCUT2D eigenvalue weighted by Crippen LogP contribution is -2.36. The van der Waals surface area contributed by atoms with Crippen LogP contribution in [0.3, 0.4) is 0 Å². The van der Waals surface area contributed by atoms with Gasteiger partial charge >= 0.3 is 0 Å². The number of aromatic nitrogens is 2. The molecule has 0 saturated heterocycles. The van der Waals surface area contributed by atoms with Gasteiger partial charge in [-0.15, -0.1) is 0 Å². The largest absolute Gasteiger partial charge is 0.481 e. The molecule has 2 aromatic rings. The lowest BCUT2D eigenvalue weighted by atomic mass is 10.1. The summed E-state index contributed by atoms with van der Waals surface area (Å²) in [5.41, 5.74) is 2.40. The monoisotopic (exact) mass is 301 g/mol. The van der Waals surface area contributed by atoms with Gasteiger partial charge < -0.3 is 10.1 Å². The Labute approximate surface area is 128 Å². The number of carbonyl (C=O) groups is 2. The van der Waals surface area contributed by atoms with E-state index in [0.717, 1.165) is 11.3 Å². The van der Waals surface area contributed by atoms with E-state index in [0.29, 0.717) is 17.9 Å². The molecule has 1 aromatic carbocycles. The Balaban J connectivity index is 1.92. The number of ether oxygens (including phenoxy) is 1. The quantitative estimate of drug-likeness (QED) is 0.799. The topological polar surface area (TPSA) is 84.1 Å². The molecule has 116 valence electrons. The third-order valence-electron chi connectivity index (χ3n) is 3.31. The van der Waals surface area contributed by atoms with E-state index in [1.807, 2.05) is 6.92 Å². The van der Waals surface area contributed by atoms with E-state index in [2.05, 4.69) is 15.5 Å². The molecule has 1 amide bonds. The molecule has 1 heterocycles. The summed E-state index contributed by atoms with van der Waals surface area (Å²) in [5, 5.41) is 9.51. The van der Waals surface area contributed by atoms with E-state index >= 15 is 0 Å². The zero-order chi connectivity index (χ0) is 16.1. The summed E-state index contributed by atoms with van der Waals surface area (Å²) in [5.74, 6) is 0.224. The van der Waals surface area contributed by atoms with Crippen LogP contribution in [0.4, 0.5) is 0 Å². The first-order chi connectivity index (χ1) is 10.5. The molecule has 1 aromatic heterocycles. The fourth-order valence-electron chi connectivity index (χ4n) is 1.93. The number of nitrogens with zero attached hydrogens (tertiary/aromatic N) is 1. The van der Waals surface area contributed by atoms with Crippen molar-refractivity contribution in [1.29, 1.82) is 0 Å². The second-order valence-corrected chi connectivity index (χ2v) is 5.08. The first-order valence-corrected chi connectivity index (χ1v) is 7.01. The number of nitrogens with one attached hydrogen (secondary N) is 2. The molecular weight excluding hydrogens is 282 g/mol. The zero-order valence-corrected chi connectivity index (χ0v) is 12.8. The molecule has 2 rings (SSSR count). The number of carbonyl (C=O) groups excluding carboxylic acids is 2. The zero-order valence-electron chi connectivity index (χ0n) is 12.8. The maximum absolute atomic E-state index is 12.0. The second-order valence-electron chi connectivity index (χ2n) is 5.08. The van der Waals surface area contributed by atoms with Crippen LogP contribution in [0, 0.1) is 6.92 Å². The molecule has 1 unspecified atom stereocenters. The van der Waals surface area contributed by atoms with Gasteiger partial charge in [-0.2, -0.15) is 5.10 Å². The van der Waals surface area contributed by atoms with E-state index in [-0.39, 0.29) is 11.7 Å². The van der Waals surface area contributed by atoms with Crippen LogP contribution < -0.4 is 10.1 Å². The molecule has 22 heavy (non-hydrogen) atoms. The highest BCUT2D eigenvalue weighted by Gasteiger charge is 2.15. The van der Waals surface area contributed by atoms with E-state index in [1.54, 1.807) is 37.4 Å². The molecule has 0 aliphatic heterocycles. The van der Waals surface area contributed by atoms with E-state index in [1.165, 1.54) is 6.92 Å². The lowest BCUT2D eigenvalue weighted by Gasteiger charge is -2.15. The molecule has 2 N–H and O–H groups in total. The minimum atomic E-state index is -0.658. The maximum Gasteiger partial charge on any atom is 0.261 e. The Morgan fingerprint density at radius 2 is 2.18 bits per heavy atom. The normalized spacial score (nSPS) is 11.8. The molecule has 6 heteroatoms. The van der Waals surface area contributed by atoms with Crippen molar-refractivity contribution in [2.75, 3.05) is 0 Å². The van der Waals surface area contributed by atoms with Crippen LogP contribution in [0.25, 0.3) is 0 Å². The number of Topliss-reactive ketones (excluding diaryl/α,β-unsaturated/α-hetero) is 1. The van der Waals surface area contributed by atoms with Crippen LogP contribution in [-0.4, -0.2) is 28.0 Å². The number of H-pyrrole nitrogens is 1. The summed E-state index contributed by atoms with van der Waals surface area (Å²) < 4.78 is 5.58. The first-order valence-electron chi connectivity index (χ1n) is 7.01. The average molecular weight is 301 g/mol. The van der Waals surface area contributed by atoms with Crippen molar-refractivity contribution in [3.05, 3.63) is 47.3 Å². The maximum atomic E-state index is 12.0. The Hall–Kier alpha value is -2.63. The number of rotatable bonds is 6. The number of benzene rings is 1. The lowest BCUT2D eigenvalue weighted by molar-refractivity contribution is -0.127. The molecule has 0 radical (unpaired) electrons. The third-order valence-corrected chi connectivity index (χ3v) is 3.31. The van der Waals surface area contributed by atoms with Crippen molar-refractivity contribution < 1.29 is 14.3 Å². The number of amides is 1. The molecule has 1 atom stereocenters. The minimum absolute atomic E-state index is 0.0435. The Kier molecular flexibility index (Phi) is 4.93. The fraction of sp³-hybridized carbons (Fsp3) is 0.312. The number of hydrogen-bond acceptors (Lipinski definition) is 4. The number of ketones is 1. The summed E-state index contributed by atoms with van der Waals surface area (Å²) in [6.45, 7) is 5.44. The van der Waals surface area contributed by atoms with Gasteiger partial charge in [0.15, 0.2) is 11.9 Å². The van der Waals surface area contributed by atoms with Gasteiger partial charge in [-0.1, -0.05) is 12.1 Å². The number of hydrogen-bond donors (Lipinski definition) is 2. The highest BCUT2D eigenvalue weighted by atomic mass is 16.5. The molecule has 0 aliphatic rings. The Morgan fingerprint density at radius 1 is 1.41 bits per heavy atom. The molecule has 0 bridgehead atoms. The summed E-state index contributed by atoms with van der Waals surface area (Å²) in [7, 11) is 0. The molecule has 0 fully saturated rings. The van der Waals surface area contributed by atoms with Crippen LogP contribution in [0.15, 0.2) is 30.5 Å². The molecule has 6 nitrogen and oxygen atoms in total. The average Bonchev–Trinajstić information content (AvgIpc) is 2.90. The van der Waals surface area contributed by atoms with Crippen LogP contribution in [0.5, 0.6) is 5.75 Å². The number of aromatic amines is 1. The number of aryl methyl sites for hydroxylation is 1. The SMILES string of the molecule is CC(=O)c1cccc(OC(C)C(=O)NCc2cn[nH]c2C)c1. The van der Waals surface area contributed by atoms with Crippen molar-refractivity contribution in [2.45, 2.75) is 33.4 Å². The standard InChI is InChI=1S/C16H19N3O3/c1-10-14(9-18-19-10)8-17-16(21)12(3)22-15-6-4-5-13(7-15)11(2)20/h4-7,9,12H,8H2,1-3H3,(H,17,21)(H,18,19). The van der Waals surface area contributed by atoms with Gasteiger partial charge in [-0.05, 0) is 32.9 Å². The highest BCUT2D eigenvalue weighted by molar-refractivity contribution is 5.94. The summed E-state index contributed by atoms with van der Waals surface area (Å²) in [6.07, 6.45) is 1.02. The second kappa shape index (κ2) is 6.89. The fourth-order valence-corrected chi connectivity index (χ4v) is 1.93. The van der Waals surface area contributed by atoms with E-state index in [4.69, 9.17) is 4.74 Å². The van der Waals surface area contributed by atoms with Crippen molar-refractivity contribution in [3.8, 4) is 5.75 Å². The third kappa shape index (κ3) is 3.94. The van der Waals surface area contributed by atoms with Crippen LogP contribution in [0.2, 0.25) is 0 Å². The summed E-state index contributed by atoms with van der Waals surface area (Å²) in [4.78, 5) is 23.4. The Morgan fingerprint density at radius 3 is 2.82 bits per heavy atom. The van der Waals surface area contributed by atoms with Crippen LogP contribution in [0.1, 0.15) is 35.5 Å². The van der Waals surface area contributed by atoms with Crippen molar-refractivity contribution in [3.63, 3.8) is 0 Å². The van der Waals surface area contributed by atoms with Gasteiger partial charge in [0, 0.05) is 23.4 Å². The van der Waals surface area contributed by atoms with Crippen LogP contribution >= 0.6 is 0 Å². The van der Waals surface area contributed by atoms with Gasteiger partial charge in [0.25, 0.3) is 5.91 Å². The van der Waals surface area contributed by atoms with Gasteiger partial charge in [-0.3, -0.25) is 14.7 Å². The van der Waals surface area contributed by atoms with Crippen LogP contribution in [-0.2, 0) is 11.3 Å². The molecule has 0 spiro atoms. The predicted molar refractivity (Wildman–Crippen MR) is 81.7 cm³/mol. The van der Waals surface area contributed by atoms with Gasteiger partial charge in [0.2, 0.25) is 0 Å². The highest BCUT2D eigenvalue weighted by Crippen LogP contribution is 2.15. The molecular formula is C16H19N3O3. The Bertz CT molecular complexity index is 679. The van der Waals surface area contributed by atoms with Gasteiger partial charge in [0.1, 0.15) is 5.75 Å². The summed E-state index contributed by atoms with van der Waals surface area (Å²) >= 11 is 0. The van der Waals surface area contributed by atoms with Crippen molar-refractivity contribution >= 4 is 11.7 Å². The summed E-state index contributed by atoms with van der Waals surface area (Å²) in [6, 6.07) is 6.79. The van der Waals surface area contributed by atoms with Crippen molar-refractivity contribution in [1.82, 2.24) is 15.5 Å². The van der Waals surface area contributed by atoms with E-state index < -0.39 is 6.10 Å². The molecule has 0 saturated carbocycles. The first kappa shape index (κ1) is 15.8.